The summed E-state index contributed by atoms with van der Waals surface area (Å²) in [5.41, 5.74) is 2.01. The molecule has 0 aromatic heterocycles. The van der Waals surface area contributed by atoms with Crippen LogP contribution < -0.4 is 0 Å². The third kappa shape index (κ3) is 7.14. The maximum absolute atomic E-state index is 9.02. The standard InChI is InChI=1S/C19H27N/c1-2-3-4-5-6-7-8-9-10-11-14-18-15-12-13-16-19(18)17-20/h8-9,12-13,15-16H,2-7,10-11,14H2,1H3. The number of unbranched alkanes of at least 4 members (excludes halogenated alkanes) is 6. The van der Waals surface area contributed by atoms with E-state index in [1.54, 1.807) is 0 Å². The van der Waals surface area contributed by atoms with Gasteiger partial charge in [0.05, 0.1) is 11.6 Å². The molecule has 0 heterocycles. The predicted molar refractivity (Wildman–Crippen MR) is 86.6 cm³/mol. The second-order valence-electron chi connectivity index (χ2n) is 5.34. The Morgan fingerprint density at radius 3 is 2.40 bits per heavy atom. The van der Waals surface area contributed by atoms with Crippen LogP contribution in [0.25, 0.3) is 0 Å². The average Bonchev–Trinajstić information content (AvgIpc) is 2.49. The van der Waals surface area contributed by atoms with Crippen molar-refractivity contribution >= 4 is 0 Å². The molecule has 20 heavy (non-hydrogen) atoms. The van der Waals surface area contributed by atoms with E-state index in [4.69, 9.17) is 5.26 Å². The molecule has 1 heteroatoms. The summed E-state index contributed by atoms with van der Waals surface area (Å²) in [6.07, 6.45) is 15.9. The molecule has 0 fully saturated rings. The molecule has 0 aliphatic heterocycles. The van der Waals surface area contributed by atoms with Crippen molar-refractivity contribution in [2.75, 3.05) is 0 Å². The summed E-state index contributed by atoms with van der Waals surface area (Å²) >= 11 is 0. The summed E-state index contributed by atoms with van der Waals surface area (Å²) in [5.74, 6) is 0. The molecule has 1 nitrogen and oxygen atoms in total. The summed E-state index contributed by atoms with van der Waals surface area (Å²) < 4.78 is 0. The van der Waals surface area contributed by atoms with Gasteiger partial charge in [0.2, 0.25) is 0 Å². The van der Waals surface area contributed by atoms with Crippen molar-refractivity contribution in [1.82, 2.24) is 0 Å². The fourth-order valence-electron chi connectivity index (χ4n) is 2.36. The lowest BCUT2D eigenvalue weighted by Crippen LogP contribution is -1.89. The smallest absolute Gasteiger partial charge is 0.0994 e. The minimum atomic E-state index is 0.826. The highest BCUT2D eigenvalue weighted by molar-refractivity contribution is 5.37. The second kappa shape index (κ2) is 11.3. The van der Waals surface area contributed by atoms with Gasteiger partial charge in [0.1, 0.15) is 0 Å². The highest BCUT2D eigenvalue weighted by Gasteiger charge is 1.98. The van der Waals surface area contributed by atoms with Gasteiger partial charge >= 0.3 is 0 Å². The van der Waals surface area contributed by atoms with Gasteiger partial charge in [-0.25, -0.2) is 0 Å². The Kier molecular flexibility index (Phi) is 9.32. The first kappa shape index (κ1) is 16.5. The van der Waals surface area contributed by atoms with Crippen LogP contribution in [0.2, 0.25) is 0 Å². The molecule has 0 saturated heterocycles. The zero-order valence-electron chi connectivity index (χ0n) is 12.8. The van der Waals surface area contributed by atoms with E-state index in [0.29, 0.717) is 0 Å². The van der Waals surface area contributed by atoms with E-state index in [1.165, 1.54) is 44.1 Å². The van der Waals surface area contributed by atoms with Crippen LogP contribution in [0.4, 0.5) is 0 Å². The monoisotopic (exact) mass is 269 g/mol. The van der Waals surface area contributed by atoms with Crippen LogP contribution in [-0.2, 0) is 6.42 Å². The molecule has 0 N–H and O–H groups in total. The lowest BCUT2D eigenvalue weighted by atomic mass is 10.0. The van der Waals surface area contributed by atoms with Crippen LogP contribution in [0.3, 0.4) is 0 Å². The summed E-state index contributed by atoms with van der Waals surface area (Å²) in [7, 11) is 0. The lowest BCUT2D eigenvalue weighted by molar-refractivity contribution is 0.637. The molecule has 0 unspecified atom stereocenters. The van der Waals surface area contributed by atoms with Crippen molar-refractivity contribution < 1.29 is 0 Å². The number of hydrogen-bond donors (Lipinski definition) is 0. The van der Waals surface area contributed by atoms with Gasteiger partial charge in [-0.1, -0.05) is 63.0 Å². The van der Waals surface area contributed by atoms with Crippen molar-refractivity contribution in [3.05, 3.63) is 47.5 Å². The van der Waals surface area contributed by atoms with Gasteiger partial charge < -0.3 is 0 Å². The summed E-state index contributed by atoms with van der Waals surface area (Å²) in [6.45, 7) is 2.25. The maximum atomic E-state index is 9.02. The van der Waals surface area contributed by atoms with Crippen LogP contribution in [0.15, 0.2) is 36.4 Å². The molecule has 0 radical (unpaired) electrons. The van der Waals surface area contributed by atoms with Crippen molar-refractivity contribution in [2.45, 2.75) is 64.7 Å². The fourth-order valence-corrected chi connectivity index (χ4v) is 2.36. The molecular weight excluding hydrogens is 242 g/mol. The Hall–Kier alpha value is -1.55. The van der Waals surface area contributed by atoms with E-state index in [-0.39, 0.29) is 0 Å². The van der Waals surface area contributed by atoms with E-state index in [2.05, 4.69) is 31.2 Å². The molecule has 0 aliphatic carbocycles. The number of nitrogens with zero attached hydrogens (tertiary/aromatic N) is 1. The number of rotatable bonds is 10. The van der Waals surface area contributed by atoms with Crippen molar-refractivity contribution in [2.24, 2.45) is 0 Å². The van der Waals surface area contributed by atoms with E-state index >= 15 is 0 Å². The number of hydrogen-bond acceptors (Lipinski definition) is 1. The van der Waals surface area contributed by atoms with Gasteiger partial charge in [0.15, 0.2) is 0 Å². The first-order valence-electron chi connectivity index (χ1n) is 8.01. The first-order valence-corrected chi connectivity index (χ1v) is 8.01. The number of allylic oxidation sites excluding steroid dienone is 2. The van der Waals surface area contributed by atoms with Crippen LogP contribution in [-0.4, -0.2) is 0 Å². The minimum absolute atomic E-state index is 0.826. The van der Waals surface area contributed by atoms with Crippen molar-refractivity contribution in [3.63, 3.8) is 0 Å². The maximum Gasteiger partial charge on any atom is 0.0994 e. The Balaban J connectivity index is 2.08. The Labute approximate surface area is 124 Å². The topological polar surface area (TPSA) is 23.8 Å². The molecule has 1 aromatic rings. The lowest BCUT2D eigenvalue weighted by Gasteiger charge is -2.01. The minimum Gasteiger partial charge on any atom is -0.192 e. The fraction of sp³-hybridized carbons (Fsp3) is 0.526. The SMILES string of the molecule is CCCCCCCC=CCCCc1ccccc1C#N. The van der Waals surface area contributed by atoms with Gasteiger partial charge in [-0.2, -0.15) is 5.26 Å². The Morgan fingerprint density at radius 2 is 1.65 bits per heavy atom. The van der Waals surface area contributed by atoms with E-state index in [1.807, 2.05) is 18.2 Å². The van der Waals surface area contributed by atoms with Crippen LogP contribution in [0.5, 0.6) is 0 Å². The van der Waals surface area contributed by atoms with Crippen molar-refractivity contribution in [1.29, 1.82) is 5.26 Å². The van der Waals surface area contributed by atoms with E-state index in [9.17, 15) is 0 Å². The molecule has 0 amide bonds. The summed E-state index contributed by atoms with van der Waals surface area (Å²) in [4.78, 5) is 0. The first-order chi connectivity index (χ1) is 9.88. The Bertz CT molecular complexity index is 426. The third-order valence-corrected chi connectivity index (χ3v) is 3.60. The molecule has 0 aliphatic rings. The summed E-state index contributed by atoms with van der Waals surface area (Å²) in [6, 6.07) is 10.2. The van der Waals surface area contributed by atoms with E-state index < -0.39 is 0 Å². The van der Waals surface area contributed by atoms with Crippen molar-refractivity contribution in [3.8, 4) is 6.07 Å². The number of benzene rings is 1. The van der Waals surface area contributed by atoms with Crippen LogP contribution >= 0.6 is 0 Å². The van der Waals surface area contributed by atoms with Gasteiger partial charge in [0.25, 0.3) is 0 Å². The van der Waals surface area contributed by atoms with Gasteiger partial charge in [-0.3, -0.25) is 0 Å². The number of aryl methyl sites for hydroxylation is 1. The Morgan fingerprint density at radius 1 is 0.950 bits per heavy atom. The number of nitriles is 1. The van der Waals surface area contributed by atoms with Gasteiger partial charge in [-0.15, -0.1) is 0 Å². The van der Waals surface area contributed by atoms with Crippen LogP contribution in [0.1, 0.15) is 69.4 Å². The molecule has 1 aromatic carbocycles. The van der Waals surface area contributed by atoms with Gasteiger partial charge in [0, 0.05) is 0 Å². The average molecular weight is 269 g/mol. The largest absolute Gasteiger partial charge is 0.192 e. The third-order valence-electron chi connectivity index (χ3n) is 3.60. The zero-order valence-corrected chi connectivity index (χ0v) is 12.8. The second-order valence-corrected chi connectivity index (χ2v) is 5.34. The molecule has 0 bridgehead atoms. The van der Waals surface area contributed by atoms with Crippen LogP contribution in [0, 0.1) is 11.3 Å². The quantitative estimate of drug-likeness (QED) is 0.389. The normalized spacial score (nSPS) is 10.8. The highest BCUT2D eigenvalue weighted by Crippen LogP contribution is 2.11. The summed E-state index contributed by atoms with van der Waals surface area (Å²) in [5, 5.41) is 9.02. The van der Waals surface area contributed by atoms with Gasteiger partial charge in [-0.05, 0) is 43.7 Å². The highest BCUT2D eigenvalue weighted by atomic mass is 14.2. The molecule has 0 saturated carbocycles. The zero-order chi connectivity index (χ0) is 14.5. The molecule has 0 spiro atoms. The molecular formula is C19H27N. The molecule has 1 rings (SSSR count). The molecule has 0 atom stereocenters. The predicted octanol–water partition coefficient (Wildman–Crippen LogP) is 5.80. The van der Waals surface area contributed by atoms with E-state index in [0.717, 1.165) is 24.8 Å². The molecule has 108 valence electrons.